The maximum Gasteiger partial charge on any atom is 0.411 e. The lowest BCUT2D eigenvalue weighted by Crippen LogP contribution is -2.25. The van der Waals surface area contributed by atoms with Crippen LogP contribution in [0.2, 0.25) is 0 Å². The molecule has 0 radical (unpaired) electrons. The van der Waals surface area contributed by atoms with Crippen molar-refractivity contribution < 1.29 is 28.6 Å². The third-order valence-electron chi connectivity index (χ3n) is 2.72. The summed E-state index contributed by atoms with van der Waals surface area (Å²) >= 11 is 0. The van der Waals surface area contributed by atoms with E-state index in [2.05, 4.69) is 5.32 Å². The van der Waals surface area contributed by atoms with Crippen LogP contribution in [0.3, 0.4) is 0 Å². The van der Waals surface area contributed by atoms with Crippen LogP contribution >= 0.6 is 0 Å². The highest BCUT2D eigenvalue weighted by Crippen LogP contribution is 2.26. The van der Waals surface area contributed by atoms with Crippen molar-refractivity contribution in [1.82, 2.24) is 5.32 Å². The van der Waals surface area contributed by atoms with E-state index in [9.17, 15) is 14.0 Å². The van der Waals surface area contributed by atoms with Gasteiger partial charge in [0.2, 0.25) is 0 Å². The summed E-state index contributed by atoms with van der Waals surface area (Å²) in [5.74, 6) is 0.461. The van der Waals surface area contributed by atoms with Gasteiger partial charge in [-0.3, -0.25) is 5.32 Å². The van der Waals surface area contributed by atoms with Gasteiger partial charge in [-0.05, 0) is 18.2 Å². The lowest BCUT2D eigenvalue weighted by molar-refractivity contribution is 0.151. The Morgan fingerprint density at radius 3 is 3.10 bits per heavy atom. The van der Waals surface area contributed by atoms with Crippen LogP contribution in [0.4, 0.5) is 19.7 Å². The van der Waals surface area contributed by atoms with Crippen molar-refractivity contribution in [3.63, 3.8) is 0 Å². The number of hydrogen-bond acceptors (Lipinski definition) is 4. The number of anilines is 1. The number of ether oxygens (including phenoxy) is 2. The molecule has 0 aliphatic carbocycles. The molecule has 0 unspecified atom stereocenters. The van der Waals surface area contributed by atoms with Gasteiger partial charge >= 0.3 is 12.2 Å². The second-order valence-electron chi connectivity index (χ2n) is 4.23. The molecule has 112 valence electrons. The van der Waals surface area contributed by atoms with Crippen molar-refractivity contribution in [2.24, 2.45) is 0 Å². The predicted octanol–water partition coefficient (Wildman–Crippen LogP) is 2.25. The van der Waals surface area contributed by atoms with Crippen molar-refractivity contribution in [1.29, 1.82) is 0 Å². The maximum atomic E-state index is 12.6. The molecular weight excluding hydrogens is 283 g/mol. The van der Waals surface area contributed by atoms with Gasteiger partial charge in [0.25, 0.3) is 0 Å². The molecule has 0 saturated heterocycles. The molecule has 21 heavy (non-hydrogen) atoms. The van der Waals surface area contributed by atoms with Gasteiger partial charge in [0.05, 0.1) is 12.0 Å². The summed E-state index contributed by atoms with van der Waals surface area (Å²) in [6.07, 6.45) is -1.45. The molecule has 0 fully saturated rings. The first-order valence-electron chi connectivity index (χ1n) is 6.03. The molecular formula is C13H13FN2O5. The zero-order valence-corrected chi connectivity index (χ0v) is 10.9. The van der Waals surface area contributed by atoms with Crippen LogP contribution < -0.4 is 15.4 Å². The Hall–Kier alpha value is -2.77. The maximum absolute atomic E-state index is 12.6. The van der Waals surface area contributed by atoms with Crippen molar-refractivity contribution in [3.8, 4) is 5.75 Å². The normalized spacial score (nSPS) is 13.8. The number of carbonyl (C=O) groups excluding carboxylic acids is 1. The van der Waals surface area contributed by atoms with E-state index in [-0.39, 0.29) is 25.3 Å². The van der Waals surface area contributed by atoms with Crippen LogP contribution in [-0.2, 0) is 11.3 Å². The van der Waals surface area contributed by atoms with E-state index in [1.165, 1.54) is 0 Å². The van der Waals surface area contributed by atoms with E-state index >= 15 is 0 Å². The number of cyclic esters (lactones) is 1. The van der Waals surface area contributed by atoms with Crippen LogP contribution in [0, 0.1) is 0 Å². The number of benzene rings is 1. The highest BCUT2D eigenvalue weighted by Gasteiger charge is 2.16. The number of halogens is 1. The minimum Gasteiger partial charge on any atom is -0.489 e. The van der Waals surface area contributed by atoms with Gasteiger partial charge in [0.1, 0.15) is 19.0 Å². The van der Waals surface area contributed by atoms with Gasteiger partial charge in [0, 0.05) is 17.7 Å². The first-order valence-corrected chi connectivity index (χ1v) is 6.03. The molecule has 8 heteroatoms. The quantitative estimate of drug-likeness (QED) is 0.774. The molecule has 0 atom stereocenters. The smallest absolute Gasteiger partial charge is 0.411 e. The fraction of sp³-hybridized carbons (Fsp3) is 0.231. The van der Waals surface area contributed by atoms with Gasteiger partial charge < -0.3 is 19.9 Å². The fourth-order valence-electron chi connectivity index (χ4n) is 1.68. The lowest BCUT2D eigenvalue weighted by Gasteiger charge is -2.18. The third kappa shape index (κ3) is 4.10. The zero-order valence-electron chi connectivity index (χ0n) is 10.9. The molecule has 1 heterocycles. The zero-order chi connectivity index (χ0) is 15.2. The van der Waals surface area contributed by atoms with Gasteiger partial charge in [-0.15, -0.1) is 0 Å². The Kier molecular flexibility index (Phi) is 4.60. The monoisotopic (exact) mass is 296 g/mol. The molecule has 0 aromatic heterocycles. The molecule has 3 N–H and O–H groups in total. The molecule has 1 aliphatic rings. The second kappa shape index (κ2) is 6.60. The van der Waals surface area contributed by atoms with Crippen molar-refractivity contribution in [2.75, 3.05) is 18.5 Å². The first-order chi connectivity index (χ1) is 10.1. The Labute approximate surface area is 119 Å². The first kappa shape index (κ1) is 14.6. The summed E-state index contributed by atoms with van der Waals surface area (Å²) in [6, 6.07) is 4.93. The highest BCUT2D eigenvalue weighted by atomic mass is 19.1. The molecule has 2 amide bonds. The van der Waals surface area contributed by atoms with Gasteiger partial charge in [-0.25, -0.2) is 14.0 Å². The summed E-state index contributed by atoms with van der Waals surface area (Å²) < 4.78 is 22.8. The van der Waals surface area contributed by atoms with Crippen molar-refractivity contribution >= 4 is 17.9 Å². The van der Waals surface area contributed by atoms with E-state index in [4.69, 9.17) is 14.6 Å². The number of nitrogens with one attached hydrogen (secondary N) is 2. The number of carboxylic acid groups (broad SMARTS) is 1. The summed E-state index contributed by atoms with van der Waals surface area (Å²) in [6.45, 7) is -0.122. The van der Waals surface area contributed by atoms with Gasteiger partial charge in [0.15, 0.2) is 0 Å². The van der Waals surface area contributed by atoms with E-state index in [1.54, 1.807) is 18.2 Å². The van der Waals surface area contributed by atoms with Crippen LogP contribution in [0.1, 0.15) is 5.56 Å². The number of carbonyl (C=O) groups is 2. The topological polar surface area (TPSA) is 96.9 Å². The van der Waals surface area contributed by atoms with E-state index < -0.39 is 12.2 Å². The molecule has 0 bridgehead atoms. The molecule has 2 rings (SSSR count). The van der Waals surface area contributed by atoms with Gasteiger partial charge in [-0.2, -0.15) is 0 Å². The Balaban J connectivity index is 1.94. The lowest BCUT2D eigenvalue weighted by atomic mass is 10.1. The molecule has 1 aliphatic heterocycles. The largest absolute Gasteiger partial charge is 0.489 e. The summed E-state index contributed by atoms with van der Waals surface area (Å²) in [5.41, 5.74) is 1.52. The number of rotatable bonds is 5. The van der Waals surface area contributed by atoms with E-state index in [0.717, 1.165) is 5.56 Å². The molecule has 0 spiro atoms. The van der Waals surface area contributed by atoms with E-state index in [1.807, 2.05) is 5.32 Å². The standard InChI is InChI=1S/C13H13FN2O5/c14-4-8(5-15-12(17)18)6-20-10-1-2-11-9(3-10)7-21-13(19)16-11/h1-4,15H,5-7H2,(H,16,19)(H,17,18)/b8-4+. The predicted molar refractivity (Wildman–Crippen MR) is 71.0 cm³/mol. The number of hydrogen-bond donors (Lipinski definition) is 3. The Bertz CT molecular complexity index is 588. The average molecular weight is 296 g/mol. The minimum absolute atomic E-state index is 0.0945. The molecule has 0 saturated carbocycles. The van der Waals surface area contributed by atoms with Crippen LogP contribution in [0.25, 0.3) is 0 Å². The van der Waals surface area contributed by atoms with Gasteiger partial charge in [-0.1, -0.05) is 0 Å². The molecule has 7 nitrogen and oxygen atoms in total. The summed E-state index contributed by atoms with van der Waals surface area (Å²) in [5, 5.41) is 13.0. The van der Waals surface area contributed by atoms with E-state index in [0.29, 0.717) is 17.8 Å². The van der Waals surface area contributed by atoms with Crippen LogP contribution in [0.15, 0.2) is 30.1 Å². The Morgan fingerprint density at radius 2 is 2.38 bits per heavy atom. The number of fused-ring (bicyclic) bond motifs is 1. The third-order valence-corrected chi connectivity index (χ3v) is 2.72. The van der Waals surface area contributed by atoms with Crippen LogP contribution in [-0.4, -0.2) is 30.4 Å². The Morgan fingerprint density at radius 1 is 1.57 bits per heavy atom. The van der Waals surface area contributed by atoms with Crippen molar-refractivity contribution in [2.45, 2.75) is 6.61 Å². The SMILES string of the molecule is O=C(O)NC/C(=C\F)COc1ccc2c(c1)COC(=O)N2. The van der Waals surface area contributed by atoms with Crippen molar-refractivity contribution in [3.05, 3.63) is 35.7 Å². The highest BCUT2D eigenvalue weighted by molar-refractivity contribution is 5.87. The molecule has 1 aromatic carbocycles. The summed E-state index contributed by atoms with van der Waals surface area (Å²) in [4.78, 5) is 21.4. The number of amides is 2. The molecule has 1 aromatic rings. The minimum atomic E-state index is -1.24. The van der Waals surface area contributed by atoms with Crippen LogP contribution in [0.5, 0.6) is 5.75 Å². The average Bonchev–Trinajstić information content (AvgIpc) is 2.47. The fourth-order valence-corrected chi connectivity index (χ4v) is 1.68. The summed E-state index contributed by atoms with van der Waals surface area (Å²) in [7, 11) is 0. The second-order valence-corrected chi connectivity index (χ2v) is 4.23.